The van der Waals surface area contributed by atoms with Crippen LogP contribution in [0.15, 0.2) is 84.9 Å². The molecule has 0 aliphatic carbocycles. The first-order chi connectivity index (χ1) is 17.1. The number of hydrogen-bond acceptors (Lipinski definition) is 4. The molecule has 35 heavy (non-hydrogen) atoms. The first-order valence-corrected chi connectivity index (χ1v) is 11.5. The highest BCUT2D eigenvalue weighted by Crippen LogP contribution is 2.32. The number of benzene rings is 3. The standard InChI is InChI=1S/C28H28FN3O3/c1-3-26-25(20-31(17-18-34-2)27(33)21-11-6-4-7-12-21)28(35-24-16-10-13-22(29)19-24)32(30-26)23-14-8-5-9-15-23/h4-16,19H,3,17-18,20H2,1-2H3. The van der Waals surface area contributed by atoms with Gasteiger partial charge >= 0.3 is 0 Å². The number of aryl methyl sites for hydroxylation is 1. The number of rotatable bonds is 10. The van der Waals surface area contributed by atoms with Gasteiger partial charge in [0.15, 0.2) is 0 Å². The quantitative estimate of drug-likeness (QED) is 0.298. The number of methoxy groups -OCH3 is 1. The third kappa shape index (κ3) is 5.75. The number of carbonyl (C=O) groups is 1. The van der Waals surface area contributed by atoms with Crippen molar-refractivity contribution in [2.75, 3.05) is 20.3 Å². The SMILES string of the molecule is CCc1nn(-c2ccccc2)c(Oc2cccc(F)c2)c1CN(CCOC)C(=O)c1ccccc1. The van der Waals surface area contributed by atoms with E-state index >= 15 is 0 Å². The summed E-state index contributed by atoms with van der Waals surface area (Å²) in [4.78, 5) is 15.1. The molecule has 0 N–H and O–H groups in total. The van der Waals surface area contributed by atoms with Gasteiger partial charge in [0.25, 0.3) is 5.91 Å². The maximum Gasteiger partial charge on any atom is 0.254 e. The van der Waals surface area contributed by atoms with Crippen molar-refractivity contribution in [1.82, 2.24) is 14.7 Å². The Morgan fingerprint density at radius 3 is 2.37 bits per heavy atom. The summed E-state index contributed by atoms with van der Waals surface area (Å²) in [5.41, 5.74) is 2.95. The largest absolute Gasteiger partial charge is 0.438 e. The van der Waals surface area contributed by atoms with Crippen LogP contribution >= 0.6 is 0 Å². The normalized spacial score (nSPS) is 10.8. The fourth-order valence-electron chi connectivity index (χ4n) is 3.82. The van der Waals surface area contributed by atoms with Crippen molar-refractivity contribution >= 4 is 5.91 Å². The molecule has 1 aromatic heterocycles. The Kier molecular flexibility index (Phi) is 7.90. The van der Waals surface area contributed by atoms with Gasteiger partial charge in [-0.05, 0) is 42.8 Å². The molecule has 4 aromatic rings. The van der Waals surface area contributed by atoms with E-state index in [-0.39, 0.29) is 12.5 Å². The van der Waals surface area contributed by atoms with Crippen LogP contribution in [0.1, 0.15) is 28.5 Å². The Hall–Kier alpha value is -3.97. The van der Waals surface area contributed by atoms with Crippen LogP contribution in [0.2, 0.25) is 0 Å². The minimum absolute atomic E-state index is 0.117. The summed E-state index contributed by atoms with van der Waals surface area (Å²) in [7, 11) is 1.61. The summed E-state index contributed by atoms with van der Waals surface area (Å²) in [5, 5.41) is 4.81. The lowest BCUT2D eigenvalue weighted by Gasteiger charge is -2.23. The van der Waals surface area contributed by atoms with E-state index in [9.17, 15) is 9.18 Å². The van der Waals surface area contributed by atoms with Crippen molar-refractivity contribution < 1.29 is 18.7 Å². The Morgan fingerprint density at radius 2 is 1.71 bits per heavy atom. The molecule has 0 saturated carbocycles. The molecule has 3 aromatic carbocycles. The van der Waals surface area contributed by atoms with Gasteiger partial charge < -0.3 is 14.4 Å². The molecule has 6 nitrogen and oxygen atoms in total. The van der Waals surface area contributed by atoms with Crippen molar-refractivity contribution in [3.63, 3.8) is 0 Å². The van der Waals surface area contributed by atoms with Gasteiger partial charge in [-0.25, -0.2) is 9.07 Å². The number of carbonyl (C=O) groups excluding carboxylic acids is 1. The predicted octanol–water partition coefficient (Wildman–Crippen LogP) is 5.65. The van der Waals surface area contributed by atoms with Crippen molar-refractivity contribution in [3.8, 4) is 17.3 Å². The summed E-state index contributed by atoms with van der Waals surface area (Å²) in [6.45, 7) is 3.04. The third-order valence-electron chi connectivity index (χ3n) is 5.59. The molecule has 4 rings (SSSR count). The van der Waals surface area contributed by atoms with Crippen molar-refractivity contribution in [1.29, 1.82) is 0 Å². The Labute approximate surface area is 204 Å². The molecule has 0 saturated heterocycles. The highest BCUT2D eigenvalue weighted by atomic mass is 19.1. The molecule has 7 heteroatoms. The van der Waals surface area contributed by atoms with Crippen molar-refractivity contribution in [3.05, 3.63) is 108 Å². The molecule has 0 radical (unpaired) electrons. The fraction of sp³-hybridized carbons (Fsp3) is 0.214. The lowest BCUT2D eigenvalue weighted by molar-refractivity contribution is 0.0679. The minimum Gasteiger partial charge on any atom is -0.438 e. The Balaban J connectivity index is 1.79. The molecule has 1 amide bonds. The Morgan fingerprint density at radius 1 is 1.00 bits per heavy atom. The zero-order chi connectivity index (χ0) is 24.6. The van der Waals surface area contributed by atoms with Gasteiger partial charge in [0.05, 0.1) is 30.1 Å². The molecule has 0 aliphatic heterocycles. The minimum atomic E-state index is -0.397. The second-order valence-electron chi connectivity index (χ2n) is 7.98. The molecule has 0 unspecified atom stereocenters. The van der Waals surface area contributed by atoms with E-state index in [1.807, 2.05) is 55.5 Å². The topological polar surface area (TPSA) is 56.6 Å². The average Bonchev–Trinajstić information content (AvgIpc) is 3.23. The van der Waals surface area contributed by atoms with Gasteiger partial charge in [-0.1, -0.05) is 49.4 Å². The molecule has 0 bridgehead atoms. The van der Waals surface area contributed by atoms with Gasteiger partial charge in [0.2, 0.25) is 5.88 Å². The zero-order valence-corrected chi connectivity index (χ0v) is 19.9. The molecule has 0 spiro atoms. The molecule has 0 fully saturated rings. The van der Waals surface area contributed by atoms with E-state index in [0.29, 0.717) is 36.8 Å². The van der Waals surface area contributed by atoms with Crippen LogP contribution in [-0.2, 0) is 17.7 Å². The number of ether oxygens (including phenoxy) is 2. The summed E-state index contributed by atoms with van der Waals surface area (Å²) in [6, 6.07) is 24.7. The van der Waals surface area contributed by atoms with Gasteiger partial charge in [-0.2, -0.15) is 5.10 Å². The average molecular weight is 474 g/mol. The van der Waals surface area contributed by atoms with Crippen LogP contribution < -0.4 is 4.74 Å². The van der Waals surface area contributed by atoms with Crippen molar-refractivity contribution in [2.24, 2.45) is 0 Å². The van der Waals surface area contributed by atoms with E-state index in [1.165, 1.54) is 12.1 Å². The number of halogens is 1. The number of nitrogens with zero attached hydrogens (tertiary/aromatic N) is 3. The number of aromatic nitrogens is 2. The highest BCUT2D eigenvalue weighted by molar-refractivity contribution is 5.94. The fourth-order valence-corrected chi connectivity index (χ4v) is 3.82. The number of amides is 1. The lowest BCUT2D eigenvalue weighted by atomic mass is 10.1. The van der Waals surface area contributed by atoms with E-state index in [0.717, 1.165) is 16.9 Å². The maximum atomic E-state index is 13.9. The predicted molar refractivity (Wildman–Crippen MR) is 132 cm³/mol. The molecule has 1 heterocycles. The zero-order valence-electron chi connectivity index (χ0n) is 19.9. The van der Waals surface area contributed by atoms with E-state index in [1.54, 1.807) is 41.0 Å². The van der Waals surface area contributed by atoms with Crippen LogP contribution in [0.3, 0.4) is 0 Å². The number of para-hydroxylation sites is 1. The first-order valence-electron chi connectivity index (χ1n) is 11.5. The van der Waals surface area contributed by atoms with Crippen LogP contribution in [0.5, 0.6) is 11.6 Å². The molecular weight excluding hydrogens is 445 g/mol. The summed E-state index contributed by atoms with van der Waals surface area (Å²) < 4.78 is 27.2. The van der Waals surface area contributed by atoms with Gasteiger partial charge in [-0.3, -0.25) is 4.79 Å². The molecule has 0 aliphatic rings. The van der Waals surface area contributed by atoms with Gasteiger partial charge in [0.1, 0.15) is 11.6 Å². The van der Waals surface area contributed by atoms with Crippen LogP contribution in [0, 0.1) is 5.82 Å². The van der Waals surface area contributed by atoms with E-state index in [4.69, 9.17) is 14.6 Å². The highest BCUT2D eigenvalue weighted by Gasteiger charge is 2.25. The van der Waals surface area contributed by atoms with Crippen LogP contribution in [0.4, 0.5) is 4.39 Å². The summed E-state index contributed by atoms with van der Waals surface area (Å²) in [5.74, 6) is 0.283. The third-order valence-corrected chi connectivity index (χ3v) is 5.59. The molecule has 180 valence electrons. The second-order valence-corrected chi connectivity index (χ2v) is 7.98. The van der Waals surface area contributed by atoms with Gasteiger partial charge in [-0.15, -0.1) is 0 Å². The molecule has 0 atom stereocenters. The summed E-state index contributed by atoms with van der Waals surface area (Å²) >= 11 is 0. The first kappa shape index (κ1) is 24.2. The monoisotopic (exact) mass is 473 g/mol. The maximum absolute atomic E-state index is 13.9. The number of hydrogen-bond donors (Lipinski definition) is 0. The lowest BCUT2D eigenvalue weighted by Crippen LogP contribution is -2.33. The van der Waals surface area contributed by atoms with Crippen molar-refractivity contribution in [2.45, 2.75) is 19.9 Å². The summed E-state index contributed by atoms with van der Waals surface area (Å²) in [6.07, 6.45) is 0.631. The van der Waals surface area contributed by atoms with Crippen LogP contribution in [0.25, 0.3) is 5.69 Å². The molecular formula is C28H28FN3O3. The second kappa shape index (κ2) is 11.4. The van der Waals surface area contributed by atoms with Crippen LogP contribution in [-0.4, -0.2) is 40.8 Å². The smallest absolute Gasteiger partial charge is 0.254 e. The van der Waals surface area contributed by atoms with E-state index < -0.39 is 5.82 Å². The van der Waals surface area contributed by atoms with Gasteiger partial charge in [0, 0.05) is 25.3 Å². The Bertz CT molecular complexity index is 1260. The van der Waals surface area contributed by atoms with E-state index in [2.05, 4.69) is 0 Å².